The van der Waals surface area contributed by atoms with Crippen molar-refractivity contribution in [3.63, 3.8) is 0 Å². The molecule has 0 saturated carbocycles. The fraction of sp³-hybridized carbons (Fsp3) is 0.143. The highest BCUT2D eigenvalue weighted by atomic mass is 32.2. The Morgan fingerprint density at radius 2 is 2.05 bits per heavy atom. The van der Waals surface area contributed by atoms with Crippen LogP contribution in [0, 0.1) is 22.9 Å². The van der Waals surface area contributed by atoms with Gasteiger partial charge >= 0.3 is 0 Å². The molecule has 0 bridgehead atoms. The van der Waals surface area contributed by atoms with Gasteiger partial charge in [0, 0.05) is 22.4 Å². The normalized spacial score (nSPS) is 10.5. The van der Waals surface area contributed by atoms with Gasteiger partial charge in [0.2, 0.25) is 0 Å². The van der Waals surface area contributed by atoms with Gasteiger partial charge in [0.1, 0.15) is 5.82 Å². The third kappa shape index (κ3) is 3.48. The first-order valence-corrected chi connectivity index (χ1v) is 6.87. The van der Waals surface area contributed by atoms with Gasteiger partial charge in [0.15, 0.2) is 0 Å². The zero-order chi connectivity index (χ0) is 14.7. The van der Waals surface area contributed by atoms with Crippen LogP contribution in [0.25, 0.3) is 0 Å². The highest BCUT2D eigenvalue weighted by Gasteiger charge is 2.10. The lowest BCUT2D eigenvalue weighted by Crippen LogP contribution is -1.92. The zero-order valence-corrected chi connectivity index (χ0v) is 11.6. The number of hydrogen-bond acceptors (Lipinski definition) is 4. The molecule has 6 heteroatoms. The van der Waals surface area contributed by atoms with Crippen molar-refractivity contribution >= 4 is 23.1 Å². The van der Waals surface area contributed by atoms with E-state index < -0.39 is 10.7 Å². The summed E-state index contributed by atoms with van der Waals surface area (Å²) in [6.07, 6.45) is 0. The number of rotatable bonds is 4. The fourth-order valence-electron chi connectivity index (χ4n) is 1.73. The molecule has 0 spiro atoms. The lowest BCUT2D eigenvalue weighted by molar-refractivity contribution is -0.385. The summed E-state index contributed by atoms with van der Waals surface area (Å²) in [5.74, 6) is -0.134. The van der Waals surface area contributed by atoms with Crippen molar-refractivity contribution in [1.82, 2.24) is 0 Å². The van der Waals surface area contributed by atoms with E-state index in [9.17, 15) is 14.5 Å². The number of nitro groups is 1. The van der Waals surface area contributed by atoms with Crippen molar-refractivity contribution in [2.45, 2.75) is 17.6 Å². The van der Waals surface area contributed by atoms with Gasteiger partial charge in [-0.15, -0.1) is 11.8 Å². The van der Waals surface area contributed by atoms with E-state index in [0.29, 0.717) is 11.3 Å². The first kappa shape index (κ1) is 14.3. The highest BCUT2D eigenvalue weighted by molar-refractivity contribution is 7.98. The van der Waals surface area contributed by atoms with Crippen LogP contribution in [0.5, 0.6) is 0 Å². The number of aryl methyl sites for hydroxylation is 1. The SMILES string of the molecule is Cc1cc(SCc2cc(F)cc([N+](=O)[O-])c2)ccc1N. The van der Waals surface area contributed by atoms with Gasteiger partial charge in [-0.2, -0.15) is 0 Å². The summed E-state index contributed by atoms with van der Waals surface area (Å²) in [7, 11) is 0. The van der Waals surface area contributed by atoms with Gasteiger partial charge in [-0.1, -0.05) is 0 Å². The lowest BCUT2D eigenvalue weighted by atomic mass is 10.2. The van der Waals surface area contributed by atoms with Crippen molar-refractivity contribution < 1.29 is 9.31 Å². The Hall–Kier alpha value is -2.08. The van der Waals surface area contributed by atoms with Crippen molar-refractivity contribution in [3.8, 4) is 0 Å². The van der Waals surface area contributed by atoms with E-state index in [1.807, 2.05) is 25.1 Å². The molecule has 2 aromatic carbocycles. The lowest BCUT2D eigenvalue weighted by Gasteiger charge is -2.05. The van der Waals surface area contributed by atoms with E-state index in [2.05, 4.69) is 0 Å². The van der Waals surface area contributed by atoms with Gasteiger partial charge in [-0.25, -0.2) is 4.39 Å². The van der Waals surface area contributed by atoms with Crippen LogP contribution in [0.15, 0.2) is 41.3 Å². The minimum atomic E-state index is -0.594. The number of nitro benzene ring substituents is 1. The summed E-state index contributed by atoms with van der Waals surface area (Å²) < 4.78 is 13.3. The number of anilines is 1. The van der Waals surface area contributed by atoms with Crippen molar-refractivity contribution in [2.75, 3.05) is 5.73 Å². The Morgan fingerprint density at radius 3 is 2.70 bits per heavy atom. The van der Waals surface area contributed by atoms with Gasteiger partial charge in [-0.3, -0.25) is 10.1 Å². The Bertz CT molecular complexity index is 662. The van der Waals surface area contributed by atoms with Gasteiger partial charge < -0.3 is 5.73 Å². The Morgan fingerprint density at radius 1 is 1.30 bits per heavy atom. The van der Waals surface area contributed by atoms with Crippen LogP contribution in [0.2, 0.25) is 0 Å². The van der Waals surface area contributed by atoms with Crippen LogP contribution in [0.3, 0.4) is 0 Å². The predicted octanol–water partition coefficient (Wildman–Crippen LogP) is 3.92. The number of nitrogens with two attached hydrogens (primary N) is 1. The molecule has 2 N–H and O–H groups in total. The molecule has 0 fully saturated rings. The van der Waals surface area contributed by atoms with Crippen LogP contribution in [-0.2, 0) is 5.75 Å². The summed E-state index contributed by atoms with van der Waals surface area (Å²) in [6, 6.07) is 9.24. The van der Waals surface area contributed by atoms with Crippen LogP contribution in [0.4, 0.5) is 15.8 Å². The van der Waals surface area contributed by atoms with Gasteiger partial charge in [-0.05, 0) is 42.3 Å². The third-order valence-electron chi connectivity index (χ3n) is 2.80. The maximum Gasteiger partial charge on any atom is 0.272 e. The second-order valence-electron chi connectivity index (χ2n) is 4.38. The van der Waals surface area contributed by atoms with Gasteiger partial charge in [0.25, 0.3) is 5.69 Å². The quantitative estimate of drug-likeness (QED) is 0.401. The number of nitrogen functional groups attached to an aromatic ring is 1. The maximum atomic E-state index is 13.3. The fourth-order valence-corrected chi connectivity index (χ4v) is 2.65. The Labute approximate surface area is 119 Å². The average Bonchev–Trinajstić information content (AvgIpc) is 2.39. The van der Waals surface area contributed by atoms with E-state index in [1.165, 1.54) is 23.9 Å². The summed E-state index contributed by atoms with van der Waals surface area (Å²) in [5, 5.41) is 10.7. The number of nitrogens with zero attached hydrogens (tertiary/aromatic N) is 1. The van der Waals surface area contributed by atoms with E-state index >= 15 is 0 Å². The first-order chi connectivity index (χ1) is 9.45. The first-order valence-electron chi connectivity index (χ1n) is 5.88. The molecule has 0 saturated heterocycles. The summed E-state index contributed by atoms with van der Waals surface area (Å²) in [5.41, 5.74) is 7.78. The minimum Gasteiger partial charge on any atom is -0.399 e. The molecule has 4 nitrogen and oxygen atoms in total. The number of hydrogen-bond donors (Lipinski definition) is 1. The highest BCUT2D eigenvalue weighted by Crippen LogP contribution is 2.27. The van der Waals surface area contributed by atoms with Crippen molar-refractivity contribution in [1.29, 1.82) is 0 Å². The molecule has 0 radical (unpaired) electrons. The molecule has 0 aromatic heterocycles. The van der Waals surface area contributed by atoms with Crippen LogP contribution < -0.4 is 5.73 Å². The number of non-ortho nitro benzene ring substituents is 1. The Balaban J connectivity index is 2.14. The van der Waals surface area contributed by atoms with E-state index in [-0.39, 0.29) is 5.69 Å². The van der Waals surface area contributed by atoms with E-state index in [4.69, 9.17) is 5.73 Å². The molecule has 2 aromatic rings. The predicted molar refractivity (Wildman–Crippen MR) is 78.2 cm³/mol. The van der Waals surface area contributed by atoms with Crippen LogP contribution in [-0.4, -0.2) is 4.92 Å². The van der Waals surface area contributed by atoms with Gasteiger partial charge in [0.05, 0.1) is 11.0 Å². The van der Waals surface area contributed by atoms with Crippen LogP contribution in [0.1, 0.15) is 11.1 Å². The summed E-state index contributed by atoms with van der Waals surface area (Å²) in [6.45, 7) is 1.91. The largest absolute Gasteiger partial charge is 0.399 e. The molecule has 20 heavy (non-hydrogen) atoms. The van der Waals surface area contributed by atoms with Crippen molar-refractivity contribution in [3.05, 3.63) is 63.5 Å². The van der Waals surface area contributed by atoms with E-state index in [1.54, 1.807) is 0 Å². The Kier molecular flexibility index (Phi) is 4.24. The third-order valence-corrected chi connectivity index (χ3v) is 3.86. The second-order valence-corrected chi connectivity index (χ2v) is 5.43. The topological polar surface area (TPSA) is 69.2 Å². The van der Waals surface area contributed by atoms with Crippen molar-refractivity contribution in [2.24, 2.45) is 0 Å². The molecular weight excluding hydrogens is 279 g/mol. The molecule has 0 heterocycles. The average molecular weight is 292 g/mol. The molecule has 0 amide bonds. The molecule has 0 aliphatic rings. The smallest absolute Gasteiger partial charge is 0.272 e. The number of benzene rings is 2. The summed E-state index contributed by atoms with van der Waals surface area (Å²) >= 11 is 1.48. The molecular formula is C14H13FN2O2S. The monoisotopic (exact) mass is 292 g/mol. The molecule has 0 unspecified atom stereocenters. The molecule has 0 aliphatic heterocycles. The van der Waals surface area contributed by atoms with E-state index in [0.717, 1.165) is 22.2 Å². The minimum absolute atomic E-state index is 0.228. The number of halogens is 1. The maximum absolute atomic E-state index is 13.3. The zero-order valence-electron chi connectivity index (χ0n) is 10.8. The van der Waals surface area contributed by atoms with Crippen LogP contribution >= 0.6 is 11.8 Å². The molecule has 2 rings (SSSR count). The second kappa shape index (κ2) is 5.92. The standard InChI is InChI=1S/C14H13FN2O2S/c1-9-4-13(2-3-14(9)16)20-8-10-5-11(15)7-12(6-10)17(18)19/h2-7H,8,16H2,1H3. The number of thioether (sulfide) groups is 1. The molecule has 0 aliphatic carbocycles. The molecule has 104 valence electrons. The summed E-state index contributed by atoms with van der Waals surface area (Å²) in [4.78, 5) is 11.1. The molecule has 0 atom stereocenters.